The molecule has 0 unspecified atom stereocenters. The van der Waals surface area contributed by atoms with Crippen LogP contribution in [0.2, 0.25) is 0 Å². The van der Waals surface area contributed by atoms with E-state index in [1.807, 2.05) is 36.6 Å². The highest BCUT2D eigenvalue weighted by Gasteiger charge is 2.13. The minimum absolute atomic E-state index is 0.0280. The van der Waals surface area contributed by atoms with Gasteiger partial charge in [0.05, 0.1) is 17.8 Å². The Morgan fingerprint density at radius 3 is 2.82 bits per heavy atom. The molecule has 0 aliphatic carbocycles. The summed E-state index contributed by atoms with van der Waals surface area (Å²) in [5, 5.41) is 11.3. The zero-order chi connectivity index (χ0) is 15.5. The van der Waals surface area contributed by atoms with Gasteiger partial charge in [0.1, 0.15) is 4.83 Å². The van der Waals surface area contributed by atoms with Gasteiger partial charge in [-0.25, -0.2) is 4.98 Å². The van der Waals surface area contributed by atoms with Crippen molar-refractivity contribution >= 4 is 21.6 Å². The van der Waals surface area contributed by atoms with Crippen LogP contribution in [0.5, 0.6) is 0 Å². The molecule has 0 atom stereocenters. The summed E-state index contributed by atoms with van der Waals surface area (Å²) in [6, 6.07) is 10.2. The number of thiophene rings is 1. The van der Waals surface area contributed by atoms with Crippen molar-refractivity contribution < 1.29 is 0 Å². The molecule has 0 spiro atoms. The highest BCUT2D eigenvalue weighted by Crippen LogP contribution is 2.30. The lowest BCUT2D eigenvalue weighted by atomic mass is 10.1. The second kappa shape index (κ2) is 6.12. The van der Waals surface area contributed by atoms with Gasteiger partial charge in [0, 0.05) is 23.9 Å². The number of nitrogens with zero attached hydrogens (tertiary/aromatic N) is 3. The number of aryl methyl sites for hydroxylation is 2. The first-order valence-electron chi connectivity index (χ1n) is 7.11. The molecule has 0 saturated carbocycles. The summed E-state index contributed by atoms with van der Waals surface area (Å²) >= 11 is 1.49. The highest BCUT2D eigenvalue weighted by molar-refractivity contribution is 7.17. The number of unbranched alkanes of at least 4 members (excludes halogenated alkanes) is 1. The Bertz CT molecular complexity index is 900. The molecule has 0 aliphatic rings. The molecule has 0 amide bonds. The first-order chi connectivity index (χ1) is 10.7. The fraction of sp³-hybridized carbons (Fsp3) is 0.235. The molecule has 2 heterocycles. The van der Waals surface area contributed by atoms with Crippen LogP contribution in [-0.2, 0) is 6.54 Å². The maximum atomic E-state index is 12.7. The predicted molar refractivity (Wildman–Crippen MR) is 88.9 cm³/mol. The Labute approximate surface area is 132 Å². The van der Waals surface area contributed by atoms with E-state index in [1.165, 1.54) is 16.9 Å². The Balaban J connectivity index is 2.09. The molecule has 110 valence electrons. The summed E-state index contributed by atoms with van der Waals surface area (Å²) in [7, 11) is 0. The lowest BCUT2D eigenvalue weighted by molar-refractivity contribution is 0.627. The van der Waals surface area contributed by atoms with Gasteiger partial charge in [-0.2, -0.15) is 5.26 Å². The monoisotopic (exact) mass is 309 g/mol. The summed E-state index contributed by atoms with van der Waals surface area (Å²) in [6.45, 7) is 2.57. The molecule has 0 saturated heterocycles. The van der Waals surface area contributed by atoms with Gasteiger partial charge in [0.15, 0.2) is 0 Å². The van der Waals surface area contributed by atoms with Crippen molar-refractivity contribution in [3.8, 4) is 17.2 Å². The molecular weight excluding hydrogens is 294 g/mol. The minimum Gasteiger partial charge on any atom is -0.299 e. The van der Waals surface area contributed by atoms with Crippen LogP contribution in [-0.4, -0.2) is 9.55 Å². The van der Waals surface area contributed by atoms with Crippen LogP contribution in [0, 0.1) is 18.3 Å². The second-order valence-corrected chi connectivity index (χ2v) is 6.06. The summed E-state index contributed by atoms with van der Waals surface area (Å²) in [5.74, 6) is 0. The SMILES string of the molecule is Cc1ccc(-c2csc3ncn(CCCC#N)c(=O)c23)cc1. The summed E-state index contributed by atoms with van der Waals surface area (Å²) < 4.78 is 1.60. The maximum Gasteiger partial charge on any atom is 0.262 e. The Morgan fingerprint density at radius 1 is 1.32 bits per heavy atom. The fourth-order valence-corrected chi connectivity index (χ4v) is 3.31. The molecule has 3 aromatic rings. The molecule has 0 N–H and O–H groups in total. The Hall–Kier alpha value is -2.45. The van der Waals surface area contributed by atoms with Gasteiger partial charge in [-0.05, 0) is 18.9 Å². The topological polar surface area (TPSA) is 58.7 Å². The van der Waals surface area contributed by atoms with Gasteiger partial charge in [-0.15, -0.1) is 11.3 Å². The van der Waals surface area contributed by atoms with Gasteiger partial charge in [0.25, 0.3) is 5.56 Å². The third-order valence-electron chi connectivity index (χ3n) is 3.61. The van der Waals surface area contributed by atoms with Crippen molar-refractivity contribution in [2.24, 2.45) is 0 Å². The lowest BCUT2D eigenvalue weighted by Gasteiger charge is -2.05. The third kappa shape index (κ3) is 2.66. The molecule has 0 aliphatic heterocycles. The quantitative estimate of drug-likeness (QED) is 0.690. The normalized spacial score (nSPS) is 10.7. The highest BCUT2D eigenvalue weighted by atomic mass is 32.1. The van der Waals surface area contributed by atoms with Crippen LogP contribution in [0.25, 0.3) is 21.3 Å². The van der Waals surface area contributed by atoms with Crippen LogP contribution in [0.15, 0.2) is 40.8 Å². The average Bonchev–Trinajstić information content (AvgIpc) is 2.95. The maximum absolute atomic E-state index is 12.7. The van der Waals surface area contributed by atoms with E-state index in [4.69, 9.17) is 5.26 Å². The summed E-state index contributed by atoms with van der Waals surface area (Å²) in [6.07, 6.45) is 2.68. The summed E-state index contributed by atoms with van der Waals surface area (Å²) in [4.78, 5) is 17.8. The molecule has 4 nitrogen and oxygen atoms in total. The molecular formula is C17H15N3OS. The van der Waals surface area contributed by atoms with Crippen molar-refractivity contribution in [3.63, 3.8) is 0 Å². The number of hydrogen-bond acceptors (Lipinski definition) is 4. The van der Waals surface area contributed by atoms with Crippen LogP contribution in [0.4, 0.5) is 0 Å². The number of aromatic nitrogens is 2. The van der Waals surface area contributed by atoms with Gasteiger partial charge in [0.2, 0.25) is 0 Å². The smallest absolute Gasteiger partial charge is 0.262 e. The van der Waals surface area contributed by atoms with E-state index in [9.17, 15) is 4.79 Å². The molecule has 22 heavy (non-hydrogen) atoms. The third-order valence-corrected chi connectivity index (χ3v) is 4.50. The second-order valence-electron chi connectivity index (χ2n) is 5.20. The standard InChI is InChI=1S/C17H15N3OS/c1-12-4-6-13(7-5-12)14-10-22-16-15(14)17(21)20(11-19-16)9-3-2-8-18/h4-7,10-11H,2-3,9H2,1H3. The van der Waals surface area contributed by atoms with Crippen LogP contribution in [0.1, 0.15) is 18.4 Å². The van der Waals surface area contributed by atoms with Crippen LogP contribution >= 0.6 is 11.3 Å². The zero-order valence-electron chi connectivity index (χ0n) is 12.2. The number of fused-ring (bicyclic) bond motifs is 1. The van der Waals surface area contributed by atoms with Crippen LogP contribution < -0.4 is 5.56 Å². The largest absolute Gasteiger partial charge is 0.299 e. The first-order valence-corrected chi connectivity index (χ1v) is 7.99. The molecule has 2 aromatic heterocycles. The molecule has 0 bridgehead atoms. The van der Waals surface area contributed by atoms with Gasteiger partial charge >= 0.3 is 0 Å². The van der Waals surface area contributed by atoms with Crippen LogP contribution in [0.3, 0.4) is 0 Å². The van der Waals surface area contributed by atoms with Gasteiger partial charge < -0.3 is 0 Å². The molecule has 5 heteroatoms. The average molecular weight is 309 g/mol. The van der Waals surface area contributed by atoms with Crippen molar-refractivity contribution in [2.75, 3.05) is 0 Å². The lowest BCUT2D eigenvalue weighted by Crippen LogP contribution is -2.20. The first kappa shape index (κ1) is 14.5. The van der Waals surface area contributed by atoms with Crippen molar-refractivity contribution in [1.82, 2.24) is 9.55 Å². The zero-order valence-corrected chi connectivity index (χ0v) is 13.1. The van der Waals surface area contributed by atoms with Crippen molar-refractivity contribution in [3.05, 3.63) is 51.9 Å². The van der Waals surface area contributed by atoms with Gasteiger partial charge in [-0.3, -0.25) is 9.36 Å². The molecule has 0 fully saturated rings. The van der Waals surface area contributed by atoms with E-state index >= 15 is 0 Å². The van der Waals surface area contributed by atoms with E-state index in [0.29, 0.717) is 24.8 Å². The molecule has 3 rings (SSSR count). The number of rotatable bonds is 4. The van der Waals surface area contributed by atoms with E-state index in [0.717, 1.165) is 16.0 Å². The molecule has 0 radical (unpaired) electrons. The molecule has 1 aromatic carbocycles. The predicted octanol–water partition coefficient (Wildman–Crippen LogP) is 3.74. The minimum atomic E-state index is -0.0280. The van der Waals surface area contributed by atoms with E-state index in [2.05, 4.69) is 11.1 Å². The Kier molecular flexibility index (Phi) is 4.03. The van der Waals surface area contributed by atoms with E-state index in [1.54, 1.807) is 10.9 Å². The van der Waals surface area contributed by atoms with Crippen molar-refractivity contribution in [2.45, 2.75) is 26.3 Å². The number of hydrogen-bond donors (Lipinski definition) is 0. The Morgan fingerprint density at radius 2 is 2.09 bits per heavy atom. The van der Waals surface area contributed by atoms with Gasteiger partial charge in [-0.1, -0.05) is 29.8 Å². The van der Waals surface area contributed by atoms with E-state index < -0.39 is 0 Å². The van der Waals surface area contributed by atoms with E-state index in [-0.39, 0.29) is 5.56 Å². The van der Waals surface area contributed by atoms with Crippen molar-refractivity contribution in [1.29, 1.82) is 5.26 Å². The fourth-order valence-electron chi connectivity index (χ4n) is 2.40. The number of benzene rings is 1. The summed E-state index contributed by atoms with van der Waals surface area (Å²) in [5.41, 5.74) is 3.13. The number of nitriles is 1.